The number of amides is 2. The van der Waals surface area contributed by atoms with E-state index in [1.165, 1.54) is 30.4 Å². The van der Waals surface area contributed by atoms with Gasteiger partial charge in [0.15, 0.2) is 18.9 Å². The lowest BCUT2D eigenvalue weighted by atomic mass is 10.0. The summed E-state index contributed by atoms with van der Waals surface area (Å²) in [5.41, 5.74) is 2.40. The normalized spacial score (nSPS) is 22.5. The first-order valence-electron chi connectivity index (χ1n) is 11.0. The van der Waals surface area contributed by atoms with Crippen LogP contribution in [0.25, 0.3) is 11.1 Å². The SMILES string of the molecule is O=C1NC2CSC(CCCCCOCCC[n+]3ccc(-c4ccncc4)cc3)C2N1. The van der Waals surface area contributed by atoms with E-state index in [9.17, 15) is 4.79 Å². The molecule has 0 radical (unpaired) electrons. The van der Waals surface area contributed by atoms with Crippen molar-refractivity contribution in [1.29, 1.82) is 0 Å². The topological polar surface area (TPSA) is 67.1 Å². The van der Waals surface area contributed by atoms with E-state index in [0.717, 1.165) is 38.4 Å². The van der Waals surface area contributed by atoms with Crippen molar-refractivity contribution in [2.24, 2.45) is 0 Å². The smallest absolute Gasteiger partial charge is 0.315 e. The van der Waals surface area contributed by atoms with Crippen LogP contribution in [0.2, 0.25) is 0 Å². The van der Waals surface area contributed by atoms with Gasteiger partial charge >= 0.3 is 6.03 Å². The van der Waals surface area contributed by atoms with E-state index in [1.807, 2.05) is 36.3 Å². The largest absolute Gasteiger partial charge is 0.381 e. The fraction of sp³-hybridized carbons (Fsp3) is 0.522. The summed E-state index contributed by atoms with van der Waals surface area (Å²) in [4.78, 5) is 15.5. The molecule has 3 atom stereocenters. The van der Waals surface area contributed by atoms with Gasteiger partial charge < -0.3 is 15.4 Å². The van der Waals surface area contributed by atoms with Gasteiger partial charge in [0.25, 0.3) is 0 Å². The first kappa shape index (κ1) is 21.1. The molecule has 7 heteroatoms. The minimum absolute atomic E-state index is 0.00607. The Kier molecular flexibility index (Phi) is 7.59. The van der Waals surface area contributed by atoms with Gasteiger partial charge in [-0.25, -0.2) is 9.36 Å². The number of nitrogens with zero attached hydrogens (tertiary/aromatic N) is 2. The summed E-state index contributed by atoms with van der Waals surface area (Å²) in [7, 11) is 0. The summed E-state index contributed by atoms with van der Waals surface area (Å²) in [6, 6.07) is 9.02. The summed E-state index contributed by atoms with van der Waals surface area (Å²) in [6.45, 7) is 2.62. The summed E-state index contributed by atoms with van der Waals surface area (Å²) >= 11 is 2.00. The van der Waals surface area contributed by atoms with Gasteiger partial charge in [0.2, 0.25) is 0 Å². The maximum Gasteiger partial charge on any atom is 0.315 e. The van der Waals surface area contributed by atoms with Crippen LogP contribution in [0.15, 0.2) is 49.1 Å². The molecule has 0 spiro atoms. The number of aromatic nitrogens is 2. The third kappa shape index (κ3) is 5.73. The number of urea groups is 1. The number of carbonyl (C=O) groups is 1. The predicted octanol–water partition coefficient (Wildman–Crippen LogP) is 3.17. The molecule has 6 nitrogen and oxygen atoms in total. The standard InChI is InChI=1S/C23H30N4O2S/c28-23-25-20-17-30-21(22(20)26-23)5-2-1-3-15-29-16-4-12-27-13-8-19(9-14-27)18-6-10-24-11-7-18/h6-11,13-14,20-22H,1-5,12,15-17H2,(H-,25,26,28)/p+1. The molecule has 2 aliphatic heterocycles. The molecule has 2 aliphatic rings. The van der Waals surface area contributed by atoms with Crippen molar-refractivity contribution in [2.75, 3.05) is 19.0 Å². The zero-order valence-corrected chi connectivity index (χ0v) is 18.2. The maximum absolute atomic E-state index is 11.4. The first-order valence-corrected chi connectivity index (χ1v) is 12.0. The molecular formula is C23H31N4O2S+. The number of nitrogens with one attached hydrogen (secondary N) is 2. The lowest BCUT2D eigenvalue weighted by Crippen LogP contribution is -2.36. The highest BCUT2D eigenvalue weighted by molar-refractivity contribution is 8.00. The molecule has 30 heavy (non-hydrogen) atoms. The second-order valence-corrected chi connectivity index (χ2v) is 9.27. The van der Waals surface area contributed by atoms with Gasteiger partial charge in [0, 0.05) is 48.6 Å². The van der Waals surface area contributed by atoms with Crippen molar-refractivity contribution in [3.63, 3.8) is 0 Å². The molecule has 2 aromatic heterocycles. The van der Waals surface area contributed by atoms with Crippen molar-refractivity contribution in [1.82, 2.24) is 15.6 Å². The van der Waals surface area contributed by atoms with Crippen LogP contribution >= 0.6 is 11.8 Å². The molecular weight excluding hydrogens is 396 g/mol. The quantitative estimate of drug-likeness (QED) is 0.328. The van der Waals surface area contributed by atoms with Crippen molar-refractivity contribution >= 4 is 17.8 Å². The lowest BCUT2D eigenvalue weighted by molar-refractivity contribution is -0.697. The minimum Gasteiger partial charge on any atom is -0.381 e. The van der Waals surface area contributed by atoms with Crippen LogP contribution in [-0.2, 0) is 11.3 Å². The lowest BCUT2D eigenvalue weighted by Gasteiger charge is -2.16. The minimum atomic E-state index is 0.00607. The first-order chi connectivity index (χ1) is 14.8. The number of hydrogen-bond acceptors (Lipinski definition) is 4. The van der Waals surface area contributed by atoms with Gasteiger partial charge in [-0.2, -0.15) is 11.8 Å². The number of pyridine rings is 2. The highest BCUT2D eigenvalue weighted by atomic mass is 32.2. The molecule has 4 heterocycles. The second-order valence-electron chi connectivity index (χ2n) is 8.00. The van der Waals surface area contributed by atoms with Crippen LogP contribution < -0.4 is 15.2 Å². The second kappa shape index (κ2) is 10.8. The van der Waals surface area contributed by atoms with Crippen LogP contribution in [0.5, 0.6) is 0 Å². The Labute approximate surface area is 182 Å². The fourth-order valence-corrected chi connectivity index (χ4v) is 5.71. The Balaban J connectivity index is 1.03. The van der Waals surface area contributed by atoms with Gasteiger partial charge in [0.1, 0.15) is 0 Å². The van der Waals surface area contributed by atoms with Crippen LogP contribution in [-0.4, -0.2) is 47.3 Å². The number of hydrogen-bond donors (Lipinski definition) is 2. The highest BCUT2D eigenvalue weighted by Crippen LogP contribution is 2.33. The van der Waals surface area contributed by atoms with Crippen LogP contribution in [0.4, 0.5) is 4.79 Å². The zero-order valence-electron chi connectivity index (χ0n) is 17.3. The fourth-order valence-electron chi connectivity index (χ4n) is 4.16. The molecule has 2 amide bonds. The molecule has 2 saturated heterocycles. The van der Waals surface area contributed by atoms with Gasteiger partial charge in [-0.05, 0) is 36.1 Å². The number of rotatable bonds is 11. The molecule has 160 valence electrons. The highest BCUT2D eigenvalue weighted by Gasteiger charge is 2.42. The average Bonchev–Trinajstić information content (AvgIpc) is 3.33. The van der Waals surface area contributed by atoms with E-state index in [1.54, 1.807) is 0 Å². The zero-order chi connectivity index (χ0) is 20.6. The summed E-state index contributed by atoms with van der Waals surface area (Å²) in [5.74, 6) is 1.04. The molecule has 0 aliphatic carbocycles. The van der Waals surface area contributed by atoms with Crippen molar-refractivity contribution in [2.45, 2.75) is 56.0 Å². The van der Waals surface area contributed by atoms with E-state index in [2.05, 4.69) is 44.7 Å². The van der Waals surface area contributed by atoms with Gasteiger partial charge in [-0.3, -0.25) is 4.98 Å². The van der Waals surface area contributed by atoms with E-state index >= 15 is 0 Å². The van der Waals surface area contributed by atoms with Crippen molar-refractivity contribution in [3.05, 3.63) is 49.1 Å². The Bertz CT molecular complexity index is 803. The number of ether oxygens (including phenoxy) is 1. The van der Waals surface area contributed by atoms with Crippen LogP contribution in [0.3, 0.4) is 0 Å². The molecule has 0 saturated carbocycles. The maximum atomic E-state index is 11.4. The summed E-state index contributed by atoms with van der Waals surface area (Å²) in [6.07, 6.45) is 13.6. The van der Waals surface area contributed by atoms with Gasteiger partial charge in [-0.15, -0.1) is 0 Å². The number of carbonyl (C=O) groups excluding carboxylic acids is 1. The van der Waals surface area contributed by atoms with E-state index in [4.69, 9.17) is 4.74 Å². The van der Waals surface area contributed by atoms with Crippen molar-refractivity contribution < 1.29 is 14.1 Å². The van der Waals surface area contributed by atoms with E-state index in [0.29, 0.717) is 17.3 Å². The Morgan fingerprint density at radius 1 is 1.00 bits per heavy atom. The van der Waals surface area contributed by atoms with Crippen molar-refractivity contribution in [3.8, 4) is 11.1 Å². The number of fused-ring (bicyclic) bond motifs is 1. The van der Waals surface area contributed by atoms with E-state index in [-0.39, 0.29) is 6.03 Å². The summed E-state index contributed by atoms with van der Waals surface area (Å²) < 4.78 is 8.02. The summed E-state index contributed by atoms with van der Waals surface area (Å²) in [5, 5.41) is 6.64. The molecule has 2 aromatic rings. The number of aryl methyl sites for hydroxylation is 1. The molecule has 2 fully saturated rings. The van der Waals surface area contributed by atoms with Gasteiger partial charge in [0.05, 0.1) is 18.7 Å². The molecule has 4 rings (SSSR count). The molecule has 0 aromatic carbocycles. The third-order valence-electron chi connectivity index (χ3n) is 5.83. The Morgan fingerprint density at radius 2 is 1.77 bits per heavy atom. The Hall–Kier alpha value is -2.12. The molecule has 0 bridgehead atoms. The van der Waals surface area contributed by atoms with Gasteiger partial charge in [-0.1, -0.05) is 12.8 Å². The van der Waals surface area contributed by atoms with Crippen LogP contribution in [0, 0.1) is 0 Å². The number of thioether (sulfide) groups is 1. The number of unbranched alkanes of at least 4 members (excludes halogenated alkanes) is 2. The predicted molar refractivity (Wildman–Crippen MR) is 119 cm³/mol. The average molecular weight is 428 g/mol. The Morgan fingerprint density at radius 3 is 2.60 bits per heavy atom. The monoisotopic (exact) mass is 427 g/mol. The third-order valence-corrected chi connectivity index (χ3v) is 7.33. The molecule has 2 N–H and O–H groups in total. The molecule has 3 unspecified atom stereocenters. The van der Waals surface area contributed by atoms with E-state index < -0.39 is 0 Å². The van der Waals surface area contributed by atoms with Crippen LogP contribution in [0.1, 0.15) is 32.1 Å².